The number of rotatable bonds is 9. The van der Waals surface area contributed by atoms with Crippen molar-refractivity contribution in [2.75, 3.05) is 6.16 Å². The number of hydrogen-bond acceptors (Lipinski definition) is 1. The Morgan fingerprint density at radius 1 is 0.833 bits per heavy atom. The van der Waals surface area contributed by atoms with Crippen LogP contribution in [0.5, 0.6) is 0 Å². The molecule has 130 valence electrons. The quantitative estimate of drug-likeness (QED) is 0.415. The summed E-state index contributed by atoms with van der Waals surface area (Å²) in [5, 5.41) is 0. The Bertz CT molecular complexity index is 666. The topological polar surface area (TPSA) is 65.3 Å². The van der Waals surface area contributed by atoms with E-state index in [0.717, 1.165) is 12.1 Å². The molecule has 5 nitrogen and oxygen atoms in total. The van der Waals surface area contributed by atoms with E-state index in [1.807, 2.05) is 29.1 Å². The second kappa shape index (κ2) is 9.07. The minimum atomic E-state index is -3.89. The van der Waals surface area contributed by atoms with Gasteiger partial charge in [0.2, 0.25) is 0 Å². The molecule has 0 bridgehead atoms. The lowest BCUT2D eigenvalue weighted by Crippen LogP contribution is -2.33. The number of aryl methyl sites for hydroxylation is 2. The highest BCUT2D eigenvalue weighted by Crippen LogP contribution is 2.34. The molecule has 24 heavy (non-hydrogen) atoms. The molecule has 0 aliphatic rings. The smallest absolute Gasteiger partial charge is 0.324 e. The fourth-order valence-corrected chi connectivity index (χ4v) is 3.15. The summed E-state index contributed by atoms with van der Waals surface area (Å²) in [4.78, 5) is 17.8. The summed E-state index contributed by atoms with van der Waals surface area (Å²) in [6.45, 7) is 3.88. The maximum atomic E-state index is 10.9. The zero-order chi connectivity index (χ0) is 17.4. The van der Waals surface area contributed by atoms with Gasteiger partial charge in [0.15, 0.2) is 24.8 Å². The lowest BCUT2D eigenvalue weighted by atomic mass is 10.1. The maximum Gasteiger partial charge on any atom is 0.325 e. The molecular weight excluding hydrogens is 323 g/mol. The average molecular weight is 350 g/mol. The summed E-state index contributed by atoms with van der Waals surface area (Å²) in [5.74, 6) is 0. The second-order valence-corrected chi connectivity index (χ2v) is 7.87. The van der Waals surface area contributed by atoms with Crippen LogP contribution in [0.25, 0.3) is 11.1 Å². The van der Waals surface area contributed by atoms with E-state index in [9.17, 15) is 4.57 Å². The highest BCUT2D eigenvalue weighted by atomic mass is 31.2. The number of aromatic nitrogens is 2. The second-order valence-electron chi connectivity index (χ2n) is 6.10. The summed E-state index contributed by atoms with van der Waals surface area (Å²) in [6.07, 6.45) is 12.2. The van der Waals surface area contributed by atoms with Gasteiger partial charge in [0.1, 0.15) is 13.1 Å². The van der Waals surface area contributed by atoms with Gasteiger partial charge in [0, 0.05) is 37.1 Å². The van der Waals surface area contributed by atoms with Gasteiger partial charge in [-0.3, -0.25) is 4.57 Å². The standard InChI is InChI=1S/C18H25N2O3P/c1-2-3-4-10-19-12-6-17(7-13-19)18-8-14-20(15-9-18)11-5-16-24(21,22)23/h6-9,12-15H,2-5,10-11,16H2,1H3/p+2. The first-order chi connectivity index (χ1) is 11.5. The van der Waals surface area contributed by atoms with Crippen LogP contribution in [0, 0.1) is 0 Å². The third kappa shape index (κ3) is 6.52. The summed E-state index contributed by atoms with van der Waals surface area (Å²) in [5.41, 5.74) is 2.31. The van der Waals surface area contributed by atoms with Gasteiger partial charge in [-0.05, 0) is 17.5 Å². The highest BCUT2D eigenvalue weighted by Gasteiger charge is 2.13. The van der Waals surface area contributed by atoms with Crippen molar-refractivity contribution in [3.05, 3.63) is 49.1 Å². The molecule has 2 rings (SSSR count). The fourth-order valence-electron chi connectivity index (χ4n) is 2.60. The first-order valence-electron chi connectivity index (χ1n) is 8.51. The monoisotopic (exact) mass is 350 g/mol. The van der Waals surface area contributed by atoms with Crippen molar-refractivity contribution >= 4 is 7.60 Å². The number of nitrogens with zero attached hydrogens (tertiary/aromatic N) is 2. The molecule has 0 saturated heterocycles. The van der Waals surface area contributed by atoms with E-state index in [0.29, 0.717) is 13.0 Å². The van der Waals surface area contributed by atoms with Gasteiger partial charge < -0.3 is 9.79 Å². The molecule has 0 saturated carbocycles. The zero-order valence-corrected chi connectivity index (χ0v) is 15.1. The summed E-state index contributed by atoms with van der Waals surface area (Å²) < 4.78 is 15.0. The van der Waals surface area contributed by atoms with Crippen LogP contribution in [0.2, 0.25) is 0 Å². The molecule has 0 unspecified atom stereocenters. The van der Waals surface area contributed by atoms with Crippen molar-refractivity contribution in [3.63, 3.8) is 0 Å². The van der Waals surface area contributed by atoms with E-state index in [1.165, 1.54) is 24.8 Å². The molecule has 6 heteroatoms. The third-order valence-electron chi connectivity index (χ3n) is 4.00. The summed E-state index contributed by atoms with van der Waals surface area (Å²) in [6, 6.07) is 8.32. The fraction of sp³-hybridized carbons (Fsp3) is 0.444. The first kappa shape index (κ1) is 18.8. The van der Waals surface area contributed by atoms with E-state index >= 15 is 0 Å². The van der Waals surface area contributed by atoms with Crippen LogP contribution < -0.4 is 9.13 Å². The molecule has 2 aromatic heterocycles. The van der Waals surface area contributed by atoms with Crippen molar-refractivity contribution in [2.45, 2.75) is 45.7 Å². The van der Waals surface area contributed by atoms with Crippen LogP contribution in [-0.2, 0) is 17.7 Å². The lowest BCUT2D eigenvalue weighted by Gasteiger charge is -2.03. The Hall–Kier alpha value is -1.55. The largest absolute Gasteiger partial charge is 0.325 e. The molecule has 0 atom stereocenters. The van der Waals surface area contributed by atoms with E-state index in [-0.39, 0.29) is 6.16 Å². The van der Waals surface area contributed by atoms with E-state index in [2.05, 4.69) is 36.0 Å². The molecule has 0 aromatic carbocycles. The predicted octanol–water partition coefficient (Wildman–Crippen LogP) is 2.69. The molecule has 0 aliphatic carbocycles. The minimum Gasteiger partial charge on any atom is -0.324 e. The molecule has 0 amide bonds. The van der Waals surface area contributed by atoms with Crippen LogP contribution >= 0.6 is 7.60 Å². The molecular formula is C18H27N2O3P+2. The van der Waals surface area contributed by atoms with Gasteiger partial charge in [-0.2, -0.15) is 0 Å². The number of unbranched alkanes of at least 4 members (excludes halogenated alkanes) is 2. The van der Waals surface area contributed by atoms with Gasteiger partial charge in [-0.15, -0.1) is 0 Å². The van der Waals surface area contributed by atoms with Crippen molar-refractivity contribution in [1.29, 1.82) is 0 Å². The van der Waals surface area contributed by atoms with Gasteiger partial charge in [-0.25, -0.2) is 9.13 Å². The number of pyridine rings is 2. The Balaban J connectivity index is 1.91. The molecule has 0 fully saturated rings. The molecule has 2 heterocycles. The Kier molecular flexibility index (Phi) is 7.10. The van der Waals surface area contributed by atoms with E-state index in [1.54, 1.807) is 0 Å². The zero-order valence-electron chi connectivity index (χ0n) is 14.2. The van der Waals surface area contributed by atoms with Crippen LogP contribution in [0.15, 0.2) is 49.1 Å². The van der Waals surface area contributed by atoms with Gasteiger partial charge in [0.05, 0.1) is 6.16 Å². The van der Waals surface area contributed by atoms with Gasteiger partial charge in [0.25, 0.3) is 0 Å². The van der Waals surface area contributed by atoms with Gasteiger partial charge >= 0.3 is 7.60 Å². The summed E-state index contributed by atoms with van der Waals surface area (Å²) >= 11 is 0. The Morgan fingerprint density at radius 2 is 1.29 bits per heavy atom. The van der Waals surface area contributed by atoms with Crippen LogP contribution in [0.4, 0.5) is 0 Å². The van der Waals surface area contributed by atoms with Crippen molar-refractivity contribution in [2.24, 2.45) is 0 Å². The highest BCUT2D eigenvalue weighted by molar-refractivity contribution is 7.51. The van der Waals surface area contributed by atoms with Crippen LogP contribution in [-0.4, -0.2) is 15.9 Å². The van der Waals surface area contributed by atoms with Crippen molar-refractivity contribution < 1.29 is 23.5 Å². The summed E-state index contributed by atoms with van der Waals surface area (Å²) in [7, 11) is -3.89. The Labute approximate surface area is 143 Å². The lowest BCUT2D eigenvalue weighted by molar-refractivity contribution is -0.697. The average Bonchev–Trinajstić information content (AvgIpc) is 2.55. The van der Waals surface area contributed by atoms with Crippen molar-refractivity contribution in [1.82, 2.24) is 0 Å². The van der Waals surface area contributed by atoms with Gasteiger partial charge in [-0.1, -0.05) is 13.3 Å². The predicted molar refractivity (Wildman–Crippen MR) is 93.3 cm³/mol. The SMILES string of the molecule is CCCCC[n+]1ccc(-c2cc[n+](CCCP(=O)(O)O)cc2)cc1. The number of hydrogen-bond donors (Lipinski definition) is 2. The van der Waals surface area contributed by atoms with Crippen LogP contribution in [0.3, 0.4) is 0 Å². The molecule has 0 radical (unpaired) electrons. The van der Waals surface area contributed by atoms with E-state index < -0.39 is 7.60 Å². The molecule has 0 aliphatic heterocycles. The molecule has 0 spiro atoms. The normalized spacial score (nSPS) is 11.6. The van der Waals surface area contributed by atoms with Crippen molar-refractivity contribution in [3.8, 4) is 11.1 Å². The maximum absolute atomic E-state index is 10.9. The Morgan fingerprint density at radius 3 is 1.71 bits per heavy atom. The molecule has 2 aromatic rings. The molecule has 2 N–H and O–H groups in total. The minimum absolute atomic E-state index is 0.0710. The van der Waals surface area contributed by atoms with Crippen LogP contribution in [0.1, 0.15) is 32.6 Å². The first-order valence-corrected chi connectivity index (χ1v) is 10.3. The third-order valence-corrected chi connectivity index (χ3v) is 4.90. The van der Waals surface area contributed by atoms with E-state index in [4.69, 9.17) is 9.79 Å².